The molecule has 0 bridgehead atoms. The molecule has 264 valence electrons. The maximum Gasteiger partial charge on any atom is 0.143 e. The predicted octanol–water partition coefficient (Wildman–Crippen LogP) is 11.9. The van der Waals surface area contributed by atoms with Crippen LogP contribution in [0.5, 0.6) is 0 Å². The zero-order chi connectivity index (χ0) is 36.5. The van der Waals surface area contributed by atoms with Crippen LogP contribution in [0.2, 0.25) is 0 Å². The molecule has 2 unspecified atom stereocenters. The third kappa shape index (κ3) is 5.60. The number of benzene rings is 7. The van der Waals surface area contributed by atoms with E-state index in [4.69, 9.17) is 4.42 Å². The van der Waals surface area contributed by atoms with Crippen LogP contribution >= 0.6 is 0 Å². The van der Waals surface area contributed by atoms with Crippen molar-refractivity contribution in [3.63, 3.8) is 0 Å². The number of para-hydroxylation sites is 2. The predicted molar refractivity (Wildman–Crippen MR) is 223 cm³/mol. The van der Waals surface area contributed by atoms with Gasteiger partial charge in [-0.25, -0.2) is 0 Å². The van der Waals surface area contributed by atoms with Crippen molar-refractivity contribution in [2.45, 2.75) is 46.3 Å². The van der Waals surface area contributed by atoms with Gasteiger partial charge in [0.15, 0.2) is 0 Å². The van der Waals surface area contributed by atoms with Crippen molar-refractivity contribution < 1.29 is 4.42 Å². The summed E-state index contributed by atoms with van der Waals surface area (Å²) in [7, 11) is 0. The molecule has 3 heterocycles. The Bertz CT molecular complexity index is 2780. The summed E-state index contributed by atoms with van der Waals surface area (Å²) < 4.78 is 9.08. The molecule has 2 aromatic heterocycles. The van der Waals surface area contributed by atoms with Crippen LogP contribution in [-0.2, 0) is 0 Å². The summed E-state index contributed by atoms with van der Waals surface area (Å²) in [4.78, 5) is 0. The van der Waals surface area contributed by atoms with Gasteiger partial charge in [-0.1, -0.05) is 138 Å². The van der Waals surface area contributed by atoms with Crippen LogP contribution in [0.1, 0.15) is 52.0 Å². The number of aryl methyl sites for hydroxylation is 4. The Hall–Kier alpha value is -5.98. The second kappa shape index (κ2) is 12.9. The fourth-order valence-electron chi connectivity index (χ4n) is 8.80. The second-order valence-corrected chi connectivity index (χ2v) is 15.1. The number of hydrogen-bond donors (Lipinski definition) is 3. The lowest BCUT2D eigenvalue weighted by atomic mass is 9.99. The molecule has 54 heavy (non-hydrogen) atoms. The fourth-order valence-corrected chi connectivity index (χ4v) is 8.80. The highest BCUT2D eigenvalue weighted by Gasteiger charge is 2.32. The number of nitrogens with one attached hydrogen (secondary N) is 3. The molecule has 7 aromatic carbocycles. The van der Waals surface area contributed by atoms with Gasteiger partial charge in [0.1, 0.15) is 17.5 Å². The highest BCUT2D eigenvalue weighted by Crippen LogP contribution is 2.41. The Labute approximate surface area is 315 Å². The SMILES string of the molecule is Cc1cc(C)cc(C2NC(c3cc(C)cc(C)c3)NC(n3c4ccccc4c4cc(-c5cccc6c5oc5ccc(-c7ccccc7)cc56)ccc43)N2)c1. The molecule has 9 aromatic rings. The number of fused-ring (bicyclic) bond motifs is 6. The first-order valence-corrected chi connectivity index (χ1v) is 18.8. The Morgan fingerprint density at radius 3 is 1.74 bits per heavy atom. The van der Waals surface area contributed by atoms with Gasteiger partial charge >= 0.3 is 0 Å². The van der Waals surface area contributed by atoms with Crippen LogP contribution in [0.25, 0.3) is 66.0 Å². The van der Waals surface area contributed by atoms with Crippen molar-refractivity contribution in [1.29, 1.82) is 0 Å². The first-order valence-electron chi connectivity index (χ1n) is 18.8. The van der Waals surface area contributed by atoms with E-state index in [0.29, 0.717) is 0 Å². The molecule has 10 rings (SSSR count). The highest BCUT2D eigenvalue weighted by atomic mass is 16.3. The summed E-state index contributed by atoms with van der Waals surface area (Å²) >= 11 is 0. The Balaban J connectivity index is 1.10. The summed E-state index contributed by atoms with van der Waals surface area (Å²) in [6, 6.07) is 52.8. The average molecular weight is 703 g/mol. The van der Waals surface area contributed by atoms with Crippen LogP contribution in [-0.4, -0.2) is 4.57 Å². The van der Waals surface area contributed by atoms with Gasteiger partial charge in [0.2, 0.25) is 0 Å². The zero-order valence-corrected chi connectivity index (χ0v) is 30.9. The molecule has 5 heteroatoms. The van der Waals surface area contributed by atoms with E-state index >= 15 is 0 Å². The number of aromatic nitrogens is 1. The molecule has 0 spiro atoms. The van der Waals surface area contributed by atoms with Crippen molar-refractivity contribution in [1.82, 2.24) is 20.5 Å². The molecule has 2 atom stereocenters. The van der Waals surface area contributed by atoms with Gasteiger partial charge in [-0.3, -0.25) is 16.0 Å². The maximum absolute atomic E-state index is 6.64. The van der Waals surface area contributed by atoms with Crippen LogP contribution in [0, 0.1) is 27.7 Å². The zero-order valence-electron chi connectivity index (χ0n) is 30.9. The molecule has 0 radical (unpaired) electrons. The molecular weight excluding hydrogens is 661 g/mol. The van der Waals surface area contributed by atoms with E-state index in [2.05, 4.69) is 194 Å². The highest BCUT2D eigenvalue weighted by molar-refractivity contribution is 6.13. The Morgan fingerprint density at radius 2 is 1.04 bits per heavy atom. The van der Waals surface area contributed by atoms with Crippen molar-refractivity contribution in [2.24, 2.45) is 0 Å². The Morgan fingerprint density at radius 1 is 0.444 bits per heavy atom. The van der Waals surface area contributed by atoms with Gasteiger partial charge in [0, 0.05) is 27.1 Å². The van der Waals surface area contributed by atoms with Crippen molar-refractivity contribution in [2.75, 3.05) is 0 Å². The van der Waals surface area contributed by atoms with Crippen molar-refractivity contribution in [3.05, 3.63) is 179 Å². The number of rotatable bonds is 5. The van der Waals surface area contributed by atoms with E-state index in [1.54, 1.807) is 0 Å². The molecule has 1 aliphatic rings. The summed E-state index contributed by atoms with van der Waals surface area (Å²) in [5.74, 6) is 0. The molecule has 1 fully saturated rings. The second-order valence-electron chi connectivity index (χ2n) is 15.1. The van der Waals surface area contributed by atoms with Crippen molar-refractivity contribution in [3.8, 4) is 22.3 Å². The summed E-state index contributed by atoms with van der Waals surface area (Å²) in [6.07, 6.45) is -0.359. The van der Waals surface area contributed by atoms with Crippen LogP contribution in [0.4, 0.5) is 0 Å². The first-order chi connectivity index (χ1) is 26.4. The van der Waals surface area contributed by atoms with Gasteiger partial charge < -0.3 is 8.98 Å². The lowest BCUT2D eigenvalue weighted by Crippen LogP contribution is -2.56. The third-order valence-electron chi connectivity index (χ3n) is 11.0. The standard InChI is InChI=1S/C49H42N4O/c1-29-21-30(2)24-36(23-29)47-50-48(37-25-31(3)22-32(4)26-37)52-49(51-47)53-43-16-9-8-13-39(43)41-28-35(17-19-44(41)53)38-14-10-15-40-42-27-34(33-11-6-5-7-12-33)18-20-45(42)54-46(38)40/h5-28,47-52H,1-4H3. The van der Waals surface area contributed by atoms with Gasteiger partial charge in [0.25, 0.3) is 0 Å². The summed E-state index contributed by atoms with van der Waals surface area (Å²) in [6.45, 7) is 8.70. The summed E-state index contributed by atoms with van der Waals surface area (Å²) in [5, 5.41) is 16.5. The van der Waals surface area contributed by atoms with Crippen LogP contribution in [0.3, 0.4) is 0 Å². The molecule has 1 saturated heterocycles. The smallest absolute Gasteiger partial charge is 0.143 e. The Kier molecular flexibility index (Phi) is 7.77. The van der Waals surface area contributed by atoms with E-state index in [-0.39, 0.29) is 18.6 Å². The van der Waals surface area contributed by atoms with E-state index < -0.39 is 0 Å². The topological polar surface area (TPSA) is 54.2 Å². The van der Waals surface area contributed by atoms with E-state index in [0.717, 1.165) is 38.6 Å². The van der Waals surface area contributed by atoms with Gasteiger partial charge in [-0.15, -0.1) is 0 Å². The molecule has 0 saturated carbocycles. The van der Waals surface area contributed by atoms with Crippen LogP contribution < -0.4 is 16.0 Å². The lowest BCUT2D eigenvalue weighted by molar-refractivity contribution is 0.161. The minimum atomic E-state index is -0.200. The lowest BCUT2D eigenvalue weighted by Gasteiger charge is -2.40. The molecule has 0 amide bonds. The molecule has 5 nitrogen and oxygen atoms in total. The number of nitrogens with zero attached hydrogens (tertiary/aromatic N) is 1. The monoisotopic (exact) mass is 702 g/mol. The molecule has 1 aliphatic heterocycles. The number of hydrogen-bond acceptors (Lipinski definition) is 4. The average Bonchev–Trinajstić information content (AvgIpc) is 3.72. The number of furan rings is 1. The van der Waals surface area contributed by atoms with Crippen molar-refractivity contribution >= 4 is 43.7 Å². The molecular formula is C49H42N4O. The first kappa shape index (κ1) is 32.7. The quantitative estimate of drug-likeness (QED) is 0.167. The van der Waals surface area contributed by atoms with Gasteiger partial charge in [-0.05, 0) is 85.8 Å². The van der Waals surface area contributed by atoms with E-state index in [1.165, 1.54) is 60.8 Å². The minimum absolute atomic E-state index is 0.0794. The van der Waals surface area contributed by atoms with Crippen LogP contribution in [0.15, 0.2) is 150 Å². The van der Waals surface area contributed by atoms with E-state index in [9.17, 15) is 0 Å². The third-order valence-corrected chi connectivity index (χ3v) is 11.0. The minimum Gasteiger partial charge on any atom is -0.455 e. The molecule has 0 aliphatic carbocycles. The summed E-state index contributed by atoms with van der Waals surface area (Å²) in [5.41, 5.74) is 16.2. The largest absolute Gasteiger partial charge is 0.455 e. The van der Waals surface area contributed by atoms with Gasteiger partial charge in [-0.2, -0.15) is 0 Å². The van der Waals surface area contributed by atoms with Gasteiger partial charge in [0.05, 0.1) is 23.4 Å². The normalized spacial score (nSPS) is 17.6. The fraction of sp³-hybridized carbons (Fsp3) is 0.143. The maximum atomic E-state index is 6.64. The van der Waals surface area contributed by atoms with E-state index in [1.807, 2.05) is 0 Å². The molecule has 3 N–H and O–H groups in total.